The fourth-order valence-corrected chi connectivity index (χ4v) is 1.39. The Bertz CT molecular complexity index is 348. The summed E-state index contributed by atoms with van der Waals surface area (Å²) in [5, 5.41) is 19.5. The van der Waals surface area contributed by atoms with Crippen LogP contribution in [-0.4, -0.2) is 16.9 Å². The molecule has 0 radical (unpaired) electrons. The largest absolute Gasteiger partial charge is 0.367 e. The van der Waals surface area contributed by atoms with Gasteiger partial charge in [0.1, 0.15) is 6.04 Å². The van der Waals surface area contributed by atoms with Crippen molar-refractivity contribution in [3.63, 3.8) is 0 Å². The summed E-state index contributed by atoms with van der Waals surface area (Å²) in [6.45, 7) is 3.55. The third-order valence-corrected chi connectivity index (χ3v) is 2.54. The van der Waals surface area contributed by atoms with Crippen molar-refractivity contribution < 1.29 is 5.11 Å². The van der Waals surface area contributed by atoms with Gasteiger partial charge in [-0.2, -0.15) is 5.11 Å². The molecule has 1 aromatic carbocycles. The number of para-hydroxylation sites is 1. The summed E-state index contributed by atoms with van der Waals surface area (Å²) in [4.78, 5) is 0. The van der Waals surface area contributed by atoms with E-state index < -0.39 is 5.72 Å². The summed E-state index contributed by atoms with van der Waals surface area (Å²) in [6.07, 6.45) is 0. The maximum Gasteiger partial charge on any atom is 0.181 e. The second kappa shape index (κ2) is 3.06. The van der Waals surface area contributed by atoms with Crippen molar-refractivity contribution in [3.8, 4) is 0 Å². The van der Waals surface area contributed by atoms with Gasteiger partial charge in [-0.15, -0.1) is 0 Å². The van der Waals surface area contributed by atoms with Crippen LogP contribution in [0.3, 0.4) is 0 Å². The van der Waals surface area contributed by atoms with Gasteiger partial charge in [0.2, 0.25) is 0 Å². The van der Waals surface area contributed by atoms with Crippen LogP contribution in [0.2, 0.25) is 0 Å². The van der Waals surface area contributed by atoms with Gasteiger partial charge in [-0.05, 0) is 26.0 Å². The highest BCUT2D eigenvalue weighted by Crippen LogP contribution is 2.31. The van der Waals surface area contributed by atoms with Crippen LogP contribution >= 0.6 is 0 Å². The Kier molecular flexibility index (Phi) is 2.00. The average molecular weight is 191 g/mol. The summed E-state index contributed by atoms with van der Waals surface area (Å²) in [5.74, 6) is 0. The molecule has 0 fully saturated rings. The van der Waals surface area contributed by atoms with Crippen LogP contribution in [0, 0.1) is 0 Å². The van der Waals surface area contributed by atoms with Crippen molar-refractivity contribution in [2.75, 3.05) is 5.01 Å². The van der Waals surface area contributed by atoms with E-state index >= 15 is 0 Å². The molecule has 2 rings (SSSR count). The van der Waals surface area contributed by atoms with Crippen molar-refractivity contribution in [3.05, 3.63) is 30.3 Å². The van der Waals surface area contributed by atoms with Crippen LogP contribution in [-0.2, 0) is 0 Å². The van der Waals surface area contributed by atoms with Crippen molar-refractivity contribution in [1.82, 2.24) is 0 Å². The average Bonchev–Trinajstić information content (AvgIpc) is 2.44. The van der Waals surface area contributed by atoms with E-state index in [-0.39, 0.29) is 6.04 Å². The number of benzene rings is 1. The molecule has 0 spiro atoms. The molecule has 1 aromatic rings. The zero-order valence-corrected chi connectivity index (χ0v) is 8.25. The Morgan fingerprint density at radius 2 is 2.00 bits per heavy atom. The van der Waals surface area contributed by atoms with Gasteiger partial charge in [0.05, 0.1) is 5.69 Å². The van der Waals surface area contributed by atoms with Gasteiger partial charge < -0.3 is 5.11 Å². The van der Waals surface area contributed by atoms with Crippen molar-refractivity contribution in [2.24, 2.45) is 10.3 Å². The van der Waals surface area contributed by atoms with Gasteiger partial charge in [0, 0.05) is 0 Å². The van der Waals surface area contributed by atoms with Gasteiger partial charge in [-0.1, -0.05) is 23.4 Å². The highest BCUT2D eigenvalue weighted by atomic mass is 16.3. The molecule has 0 saturated heterocycles. The highest BCUT2D eigenvalue weighted by Gasteiger charge is 2.40. The van der Waals surface area contributed by atoms with Crippen LogP contribution in [0.15, 0.2) is 40.7 Å². The van der Waals surface area contributed by atoms with E-state index in [1.54, 1.807) is 6.92 Å². The molecule has 14 heavy (non-hydrogen) atoms. The number of nitrogens with zero attached hydrogens (tertiary/aromatic N) is 3. The maximum atomic E-state index is 10.1. The zero-order chi connectivity index (χ0) is 10.2. The molecular weight excluding hydrogens is 178 g/mol. The lowest BCUT2D eigenvalue weighted by Crippen LogP contribution is -2.46. The van der Waals surface area contributed by atoms with E-state index in [4.69, 9.17) is 0 Å². The monoisotopic (exact) mass is 191 g/mol. The van der Waals surface area contributed by atoms with E-state index in [0.717, 1.165) is 5.69 Å². The molecule has 1 aliphatic rings. The molecule has 4 nitrogen and oxygen atoms in total. The number of rotatable bonds is 1. The first-order valence-corrected chi connectivity index (χ1v) is 4.61. The molecule has 0 aliphatic carbocycles. The Morgan fingerprint density at radius 1 is 1.36 bits per heavy atom. The van der Waals surface area contributed by atoms with Gasteiger partial charge in [-0.25, -0.2) is 5.01 Å². The van der Waals surface area contributed by atoms with E-state index in [2.05, 4.69) is 10.3 Å². The quantitative estimate of drug-likeness (QED) is 0.737. The Hall–Kier alpha value is -1.42. The van der Waals surface area contributed by atoms with Crippen molar-refractivity contribution >= 4 is 5.69 Å². The first-order valence-electron chi connectivity index (χ1n) is 4.61. The van der Waals surface area contributed by atoms with Crippen molar-refractivity contribution in [2.45, 2.75) is 25.6 Å². The first-order chi connectivity index (χ1) is 6.62. The third kappa shape index (κ3) is 1.28. The molecular formula is C10H13N3O. The minimum absolute atomic E-state index is 0.206. The van der Waals surface area contributed by atoms with Gasteiger partial charge >= 0.3 is 0 Å². The van der Waals surface area contributed by atoms with Gasteiger partial charge in [0.25, 0.3) is 0 Å². The third-order valence-electron chi connectivity index (χ3n) is 2.54. The van der Waals surface area contributed by atoms with Crippen LogP contribution in [0.5, 0.6) is 0 Å². The number of aliphatic hydroxyl groups is 1. The molecule has 1 N–H and O–H groups in total. The van der Waals surface area contributed by atoms with Crippen molar-refractivity contribution in [1.29, 1.82) is 0 Å². The molecule has 0 aromatic heterocycles. The van der Waals surface area contributed by atoms with Crippen LogP contribution in [0.25, 0.3) is 0 Å². The minimum atomic E-state index is -1.03. The summed E-state index contributed by atoms with van der Waals surface area (Å²) >= 11 is 0. The molecule has 0 saturated carbocycles. The molecule has 2 unspecified atom stereocenters. The summed E-state index contributed by atoms with van der Waals surface area (Å²) in [7, 11) is 0. The molecule has 0 amide bonds. The smallest absolute Gasteiger partial charge is 0.181 e. The predicted octanol–water partition coefficient (Wildman–Crippen LogP) is 1.97. The summed E-state index contributed by atoms with van der Waals surface area (Å²) < 4.78 is 0. The second-order valence-electron chi connectivity index (χ2n) is 3.62. The molecule has 1 aliphatic heterocycles. The standard InChI is InChI=1S/C10H13N3O/c1-8-10(2,14)13(12-11-8)9-6-4-3-5-7-9/h3-8,14H,1-2H3. The number of hydrogen-bond acceptors (Lipinski definition) is 4. The lowest BCUT2D eigenvalue weighted by atomic mass is 10.1. The lowest BCUT2D eigenvalue weighted by molar-refractivity contribution is 0.0528. The molecule has 1 heterocycles. The van der Waals surface area contributed by atoms with Crippen LogP contribution < -0.4 is 5.01 Å². The van der Waals surface area contributed by atoms with E-state index in [9.17, 15) is 5.11 Å². The normalized spacial score (nSPS) is 31.1. The van der Waals surface area contributed by atoms with E-state index in [0.29, 0.717) is 0 Å². The van der Waals surface area contributed by atoms with Crippen LogP contribution in [0.4, 0.5) is 5.69 Å². The van der Waals surface area contributed by atoms with Gasteiger partial charge in [-0.3, -0.25) is 0 Å². The Labute approximate surface area is 82.9 Å². The maximum absolute atomic E-state index is 10.1. The second-order valence-corrected chi connectivity index (χ2v) is 3.62. The number of anilines is 1. The fourth-order valence-electron chi connectivity index (χ4n) is 1.39. The summed E-state index contributed by atoms with van der Waals surface area (Å²) in [6, 6.07) is 9.32. The summed E-state index contributed by atoms with van der Waals surface area (Å²) in [5.41, 5.74) is -0.174. The number of hydrogen-bond donors (Lipinski definition) is 1. The van der Waals surface area contributed by atoms with Crippen LogP contribution in [0.1, 0.15) is 13.8 Å². The molecule has 4 heteroatoms. The molecule has 0 bridgehead atoms. The molecule has 2 atom stereocenters. The lowest BCUT2D eigenvalue weighted by Gasteiger charge is -2.29. The predicted molar refractivity (Wildman–Crippen MR) is 53.9 cm³/mol. The minimum Gasteiger partial charge on any atom is -0.367 e. The topological polar surface area (TPSA) is 48.2 Å². The molecule has 74 valence electrons. The zero-order valence-electron chi connectivity index (χ0n) is 8.25. The first kappa shape index (κ1) is 9.15. The van der Waals surface area contributed by atoms with Gasteiger partial charge in [0.15, 0.2) is 5.72 Å². The SMILES string of the molecule is CC1N=NN(c2ccccc2)C1(C)O. The van der Waals surface area contributed by atoms with E-state index in [1.165, 1.54) is 5.01 Å². The highest BCUT2D eigenvalue weighted by molar-refractivity contribution is 5.47. The Morgan fingerprint density at radius 3 is 2.50 bits per heavy atom. The van der Waals surface area contributed by atoms with E-state index in [1.807, 2.05) is 37.3 Å². The fraction of sp³-hybridized carbons (Fsp3) is 0.400. The Balaban J connectivity index is 2.34.